The van der Waals surface area contributed by atoms with Crippen molar-refractivity contribution in [2.45, 2.75) is 0 Å². The first kappa shape index (κ1) is 13.0. The van der Waals surface area contributed by atoms with Crippen molar-refractivity contribution in [1.29, 1.82) is 0 Å². The number of Topliss-reactive ketones (excluding diaryl/α,β-unsaturated/α-hetero) is 1. The van der Waals surface area contributed by atoms with Gasteiger partial charge < -0.3 is 4.74 Å². The van der Waals surface area contributed by atoms with Crippen LogP contribution in [0, 0.1) is 12.3 Å². The highest BCUT2D eigenvalue weighted by molar-refractivity contribution is 6.22. The van der Waals surface area contributed by atoms with E-state index in [1.165, 1.54) is 0 Å². The van der Waals surface area contributed by atoms with Crippen LogP contribution in [-0.2, 0) is 9.53 Å². The monoisotopic (exact) mass is 257 g/mol. The molecule has 0 unspecified atom stereocenters. The molecule has 1 aliphatic heterocycles. The van der Waals surface area contributed by atoms with E-state index in [4.69, 9.17) is 11.2 Å². The van der Waals surface area contributed by atoms with Gasteiger partial charge in [-0.1, -0.05) is 18.1 Å². The molecule has 0 bridgehead atoms. The first-order chi connectivity index (χ1) is 9.15. The van der Waals surface area contributed by atoms with Crippen LogP contribution >= 0.6 is 0 Å². The second-order valence-corrected chi connectivity index (χ2v) is 3.98. The van der Waals surface area contributed by atoms with Crippen molar-refractivity contribution in [2.24, 2.45) is 0 Å². The Morgan fingerprint density at radius 1 is 1.21 bits per heavy atom. The third-order valence-electron chi connectivity index (χ3n) is 2.66. The highest BCUT2D eigenvalue weighted by Crippen LogP contribution is 2.21. The van der Waals surface area contributed by atoms with Gasteiger partial charge in [0.25, 0.3) is 11.8 Å². The molecular weight excluding hydrogens is 246 g/mol. The van der Waals surface area contributed by atoms with Crippen LogP contribution < -0.4 is 0 Å². The zero-order chi connectivity index (χ0) is 13.8. The van der Waals surface area contributed by atoms with E-state index in [0.29, 0.717) is 11.1 Å². The smallest absolute Gasteiger partial charge is 0.261 e. The summed E-state index contributed by atoms with van der Waals surface area (Å²) < 4.78 is 4.87. The lowest BCUT2D eigenvalue weighted by molar-refractivity contribution is -0.123. The molecule has 0 N–H and O–H groups in total. The van der Waals surface area contributed by atoms with Gasteiger partial charge in [-0.05, 0) is 12.1 Å². The number of hydrogen-bond donors (Lipinski definition) is 0. The Kier molecular flexibility index (Phi) is 3.74. The normalized spacial score (nSPS) is 13.3. The summed E-state index contributed by atoms with van der Waals surface area (Å²) in [6, 6.07) is 6.47. The average Bonchev–Trinajstić information content (AvgIpc) is 2.65. The van der Waals surface area contributed by atoms with Crippen LogP contribution in [0.1, 0.15) is 20.7 Å². The van der Waals surface area contributed by atoms with Crippen LogP contribution in [0.5, 0.6) is 0 Å². The summed E-state index contributed by atoms with van der Waals surface area (Å²) in [6.45, 7) is -0.484. The van der Waals surface area contributed by atoms with Crippen LogP contribution in [0.2, 0.25) is 0 Å². The van der Waals surface area contributed by atoms with Gasteiger partial charge in [0.05, 0.1) is 17.7 Å². The van der Waals surface area contributed by atoms with Crippen LogP contribution in [0.3, 0.4) is 0 Å². The quantitative estimate of drug-likeness (QED) is 0.438. The maximum absolute atomic E-state index is 12.0. The minimum absolute atomic E-state index is 0.0217. The Labute approximate surface area is 110 Å². The number of ether oxygens (including phenoxy) is 1. The van der Waals surface area contributed by atoms with Crippen molar-refractivity contribution in [1.82, 2.24) is 4.90 Å². The Morgan fingerprint density at radius 3 is 2.32 bits per heavy atom. The van der Waals surface area contributed by atoms with E-state index in [9.17, 15) is 14.4 Å². The topological polar surface area (TPSA) is 63.7 Å². The lowest BCUT2D eigenvalue weighted by Gasteiger charge is -2.12. The predicted octanol–water partition coefficient (Wildman–Crippen LogP) is 0.501. The van der Waals surface area contributed by atoms with Crippen molar-refractivity contribution < 1.29 is 19.1 Å². The lowest BCUT2D eigenvalue weighted by Crippen LogP contribution is -2.36. The number of terminal acetylenes is 1. The molecule has 1 aliphatic rings. The van der Waals surface area contributed by atoms with Gasteiger partial charge in [-0.3, -0.25) is 19.3 Å². The fraction of sp³-hybridized carbons (Fsp3) is 0.214. The van der Waals surface area contributed by atoms with E-state index >= 15 is 0 Å². The highest BCUT2D eigenvalue weighted by Gasteiger charge is 2.35. The van der Waals surface area contributed by atoms with Gasteiger partial charge in [-0.15, -0.1) is 6.42 Å². The first-order valence-corrected chi connectivity index (χ1v) is 5.63. The molecule has 1 heterocycles. The number of imide groups is 1. The molecule has 5 nitrogen and oxygen atoms in total. The second kappa shape index (κ2) is 5.46. The van der Waals surface area contributed by atoms with E-state index in [0.717, 1.165) is 4.90 Å². The molecule has 1 aromatic rings. The standard InChI is InChI=1S/C14H11NO4/c1-2-7-19-9-10(16)8-15-13(17)11-5-3-4-6-12(11)14(15)18/h1,3-6H,7-9H2. The van der Waals surface area contributed by atoms with Gasteiger partial charge in [-0.2, -0.15) is 0 Å². The van der Waals surface area contributed by atoms with Crippen molar-refractivity contribution >= 4 is 17.6 Å². The Hall–Kier alpha value is -2.45. The molecule has 96 valence electrons. The van der Waals surface area contributed by atoms with E-state index in [-0.39, 0.29) is 25.5 Å². The van der Waals surface area contributed by atoms with Crippen molar-refractivity contribution in [2.75, 3.05) is 19.8 Å². The Morgan fingerprint density at radius 2 is 1.79 bits per heavy atom. The zero-order valence-electron chi connectivity index (χ0n) is 10.1. The largest absolute Gasteiger partial charge is 0.361 e. The third-order valence-corrected chi connectivity index (χ3v) is 2.66. The highest BCUT2D eigenvalue weighted by atomic mass is 16.5. The number of amides is 2. The summed E-state index contributed by atoms with van der Waals surface area (Å²) in [5.74, 6) is 0.950. The molecule has 0 aliphatic carbocycles. The average molecular weight is 257 g/mol. The molecule has 5 heteroatoms. The summed E-state index contributed by atoms with van der Waals surface area (Å²) in [5.41, 5.74) is 0.648. The zero-order valence-corrected chi connectivity index (χ0v) is 10.1. The van der Waals surface area contributed by atoms with Gasteiger partial charge in [0.2, 0.25) is 0 Å². The van der Waals surface area contributed by atoms with Crippen LogP contribution in [0.25, 0.3) is 0 Å². The molecule has 0 spiro atoms. The fourth-order valence-corrected chi connectivity index (χ4v) is 1.83. The molecule has 0 saturated heterocycles. The van der Waals surface area contributed by atoms with Crippen molar-refractivity contribution in [3.05, 3.63) is 35.4 Å². The minimum Gasteiger partial charge on any atom is -0.361 e. The number of benzene rings is 1. The van der Waals surface area contributed by atoms with E-state index in [1.807, 2.05) is 0 Å². The number of carbonyl (C=O) groups excluding carboxylic acids is 3. The van der Waals surface area contributed by atoms with E-state index in [2.05, 4.69) is 5.92 Å². The summed E-state index contributed by atoms with van der Waals surface area (Å²) >= 11 is 0. The Bertz CT molecular complexity index is 550. The van der Waals surface area contributed by atoms with Gasteiger partial charge in [0, 0.05) is 0 Å². The summed E-state index contributed by atoms with van der Waals surface area (Å²) in [4.78, 5) is 36.4. The van der Waals surface area contributed by atoms with Gasteiger partial charge in [0.15, 0.2) is 5.78 Å². The number of carbonyl (C=O) groups is 3. The van der Waals surface area contributed by atoms with Gasteiger partial charge in [-0.25, -0.2) is 0 Å². The molecule has 2 rings (SSSR count). The summed E-state index contributed by atoms with van der Waals surface area (Å²) in [7, 11) is 0. The number of hydrogen-bond acceptors (Lipinski definition) is 4. The van der Waals surface area contributed by atoms with Crippen LogP contribution in [0.4, 0.5) is 0 Å². The Balaban J connectivity index is 2.04. The van der Waals surface area contributed by atoms with Gasteiger partial charge in [0.1, 0.15) is 13.2 Å². The SMILES string of the molecule is C#CCOCC(=O)CN1C(=O)c2ccccc2C1=O. The minimum atomic E-state index is -0.453. The maximum atomic E-state index is 12.0. The fourth-order valence-electron chi connectivity index (χ4n) is 1.83. The summed E-state index contributed by atoms with van der Waals surface area (Å²) in [6.07, 6.45) is 4.98. The second-order valence-electron chi connectivity index (χ2n) is 3.98. The molecule has 0 fully saturated rings. The molecule has 2 amide bonds. The summed E-state index contributed by atoms with van der Waals surface area (Å²) in [5, 5.41) is 0. The maximum Gasteiger partial charge on any atom is 0.261 e. The number of rotatable bonds is 5. The molecule has 1 aromatic carbocycles. The molecule has 0 saturated carbocycles. The first-order valence-electron chi connectivity index (χ1n) is 5.63. The third kappa shape index (κ3) is 2.54. The molecule has 0 atom stereocenters. The number of ketones is 1. The lowest BCUT2D eigenvalue weighted by atomic mass is 10.1. The van der Waals surface area contributed by atoms with Crippen molar-refractivity contribution in [3.63, 3.8) is 0 Å². The van der Waals surface area contributed by atoms with E-state index < -0.39 is 11.8 Å². The van der Waals surface area contributed by atoms with Gasteiger partial charge >= 0.3 is 0 Å². The van der Waals surface area contributed by atoms with Crippen LogP contribution in [-0.4, -0.2) is 42.3 Å². The predicted molar refractivity (Wildman–Crippen MR) is 66.5 cm³/mol. The number of nitrogens with zero attached hydrogens (tertiary/aromatic N) is 1. The van der Waals surface area contributed by atoms with Crippen LogP contribution in [0.15, 0.2) is 24.3 Å². The molecular formula is C14H11NO4. The van der Waals surface area contributed by atoms with Crippen molar-refractivity contribution in [3.8, 4) is 12.3 Å². The molecule has 19 heavy (non-hydrogen) atoms. The molecule has 0 aromatic heterocycles. The number of fused-ring (bicyclic) bond motifs is 1. The molecule has 0 radical (unpaired) electrons. The van der Waals surface area contributed by atoms with E-state index in [1.54, 1.807) is 24.3 Å².